The first-order chi connectivity index (χ1) is 10.5. The first-order valence-corrected chi connectivity index (χ1v) is 7.16. The minimum absolute atomic E-state index is 0.354. The van der Waals surface area contributed by atoms with Gasteiger partial charge in [-0.1, -0.05) is 29.3 Å². The SMILES string of the molecule is O=C(O)C(O)COC(Cn1ccnc1)c1ccc(Cl)cc1Cl. The Balaban J connectivity index is 2.18. The quantitative estimate of drug-likeness (QED) is 0.805. The van der Waals surface area contributed by atoms with Crippen LogP contribution >= 0.6 is 23.2 Å². The lowest BCUT2D eigenvalue weighted by atomic mass is 10.1. The van der Waals surface area contributed by atoms with Gasteiger partial charge >= 0.3 is 5.97 Å². The summed E-state index contributed by atoms with van der Waals surface area (Å²) >= 11 is 12.0. The number of aliphatic hydroxyl groups is 1. The average molecular weight is 345 g/mol. The molecule has 0 saturated heterocycles. The Labute approximate surface area is 136 Å². The van der Waals surface area contributed by atoms with Crippen LogP contribution < -0.4 is 0 Å². The third-order valence-corrected chi connectivity index (χ3v) is 3.55. The van der Waals surface area contributed by atoms with Crippen LogP contribution in [0.4, 0.5) is 0 Å². The van der Waals surface area contributed by atoms with Crippen molar-refractivity contribution >= 4 is 29.2 Å². The summed E-state index contributed by atoms with van der Waals surface area (Å²) in [5, 5.41) is 19.0. The second-order valence-corrected chi connectivity index (χ2v) is 5.44. The summed E-state index contributed by atoms with van der Waals surface area (Å²) < 4.78 is 7.30. The van der Waals surface area contributed by atoms with Gasteiger partial charge in [-0.3, -0.25) is 0 Å². The number of aliphatic carboxylic acids is 1. The normalized spacial score (nSPS) is 13.8. The van der Waals surface area contributed by atoms with Crippen molar-refractivity contribution in [1.29, 1.82) is 0 Å². The molecule has 1 heterocycles. The van der Waals surface area contributed by atoms with Crippen LogP contribution in [-0.4, -0.2) is 38.4 Å². The van der Waals surface area contributed by atoms with Crippen molar-refractivity contribution in [2.24, 2.45) is 0 Å². The highest BCUT2D eigenvalue weighted by atomic mass is 35.5. The number of carbonyl (C=O) groups is 1. The molecule has 22 heavy (non-hydrogen) atoms. The number of nitrogens with zero attached hydrogens (tertiary/aromatic N) is 2. The maximum Gasteiger partial charge on any atom is 0.334 e. The van der Waals surface area contributed by atoms with E-state index >= 15 is 0 Å². The van der Waals surface area contributed by atoms with Crippen LogP contribution in [0.3, 0.4) is 0 Å². The van der Waals surface area contributed by atoms with Crippen molar-refractivity contribution in [2.75, 3.05) is 6.61 Å². The van der Waals surface area contributed by atoms with Gasteiger partial charge in [-0.25, -0.2) is 9.78 Å². The molecular weight excluding hydrogens is 331 g/mol. The molecule has 0 radical (unpaired) electrons. The molecule has 2 N–H and O–H groups in total. The molecule has 0 spiro atoms. The molecule has 2 atom stereocenters. The van der Waals surface area contributed by atoms with Crippen molar-refractivity contribution in [2.45, 2.75) is 18.8 Å². The molecule has 0 aliphatic rings. The highest BCUT2D eigenvalue weighted by molar-refractivity contribution is 6.35. The van der Waals surface area contributed by atoms with E-state index in [1.165, 1.54) is 0 Å². The second kappa shape index (κ2) is 7.60. The predicted molar refractivity (Wildman–Crippen MR) is 81.0 cm³/mol. The highest BCUT2D eigenvalue weighted by Crippen LogP contribution is 2.29. The van der Waals surface area contributed by atoms with E-state index in [2.05, 4.69) is 4.98 Å². The number of carboxylic acid groups (broad SMARTS) is 1. The Hall–Kier alpha value is -1.60. The van der Waals surface area contributed by atoms with Crippen LogP contribution in [0, 0.1) is 0 Å². The summed E-state index contributed by atoms with van der Waals surface area (Å²) in [4.78, 5) is 14.6. The van der Waals surface area contributed by atoms with Crippen LogP contribution in [0.15, 0.2) is 36.9 Å². The van der Waals surface area contributed by atoms with E-state index in [9.17, 15) is 9.90 Å². The Morgan fingerprint density at radius 3 is 2.77 bits per heavy atom. The number of halogens is 2. The molecule has 2 unspecified atom stereocenters. The maximum absolute atomic E-state index is 10.7. The van der Waals surface area contributed by atoms with Gasteiger partial charge in [-0.05, 0) is 12.1 Å². The number of aliphatic hydroxyl groups excluding tert-OH is 1. The molecule has 2 rings (SSSR count). The van der Waals surface area contributed by atoms with Crippen molar-refractivity contribution in [3.05, 3.63) is 52.5 Å². The highest BCUT2D eigenvalue weighted by Gasteiger charge is 2.21. The summed E-state index contributed by atoms with van der Waals surface area (Å²) in [5.74, 6) is -1.34. The summed E-state index contributed by atoms with van der Waals surface area (Å²) in [5.41, 5.74) is 0.650. The lowest BCUT2D eigenvalue weighted by Crippen LogP contribution is -2.27. The monoisotopic (exact) mass is 344 g/mol. The zero-order chi connectivity index (χ0) is 16.1. The van der Waals surface area contributed by atoms with Gasteiger partial charge in [0.15, 0.2) is 6.10 Å². The lowest BCUT2D eigenvalue weighted by molar-refractivity contribution is -0.151. The number of hydrogen-bond acceptors (Lipinski definition) is 4. The largest absolute Gasteiger partial charge is 0.479 e. The molecule has 0 bridgehead atoms. The van der Waals surface area contributed by atoms with Gasteiger partial charge in [0.25, 0.3) is 0 Å². The minimum atomic E-state index is -1.60. The summed E-state index contributed by atoms with van der Waals surface area (Å²) in [7, 11) is 0. The summed E-state index contributed by atoms with van der Waals surface area (Å²) in [6.45, 7) is 0.0152. The number of carboxylic acids is 1. The standard InChI is InChI=1S/C14H14Cl2N2O4/c15-9-1-2-10(11(16)5-9)13(6-18-4-3-17-8-18)22-7-12(19)14(20)21/h1-5,8,12-13,19H,6-7H2,(H,20,21). The number of aromatic nitrogens is 2. The van der Waals surface area contributed by atoms with Crippen molar-refractivity contribution < 1.29 is 19.7 Å². The fourth-order valence-corrected chi connectivity index (χ4v) is 2.40. The Morgan fingerprint density at radius 2 is 2.18 bits per heavy atom. The fraction of sp³-hybridized carbons (Fsp3) is 0.286. The minimum Gasteiger partial charge on any atom is -0.479 e. The van der Waals surface area contributed by atoms with Gasteiger partial charge in [-0.2, -0.15) is 0 Å². The predicted octanol–water partition coefficient (Wildman–Crippen LogP) is 2.39. The van der Waals surface area contributed by atoms with Crippen LogP contribution in [0.5, 0.6) is 0 Å². The van der Waals surface area contributed by atoms with Crippen LogP contribution in [0.2, 0.25) is 10.0 Å². The molecule has 118 valence electrons. The number of rotatable bonds is 7. The van der Waals surface area contributed by atoms with Crippen molar-refractivity contribution in [3.8, 4) is 0 Å². The Kier molecular flexibility index (Phi) is 5.79. The maximum atomic E-state index is 10.7. The van der Waals surface area contributed by atoms with E-state index in [0.29, 0.717) is 22.2 Å². The molecular formula is C14H14Cl2N2O4. The first kappa shape index (κ1) is 16.8. The topological polar surface area (TPSA) is 84.6 Å². The zero-order valence-corrected chi connectivity index (χ0v) is 12.9. The number of imidazole rings is 1. The van der Waals surface area contributed by atoms with E-state index in [4.69, 9.17) is 33.0 Å². The Bertz CT molecular complexity index is 634. The number of hydrogen-bond donors (Lipinski definition) is 2. The van der Waals surface area contributed by atoms with E-state index in [1.807, 2.05) is 0 Å². The molecule has 8 heteroatoms. The van der Waals surface area contributed by atoms with Gasteiger partial charge in [0.05, 0.1) is 19.5 Å². The molecule has 0 aliphatic heterocycles. The van der Waals surface area contributed by atoms with Gasteiger partial charge in [0.1, 0.15) is 6.10 Å². The van der Waals surface area contributed by atoms with E-state index in [-0.39, 0.29) is 6.61 Å². The van der Waals surface area contributed by atoms with Crippen LogP contribution in [0.1, 0.15) is 11.7 Å². The second-order valence-electron chi connectivity index (χ2n) is 4.60. The summed E-state index contributed by atoms with van der Waals surface area (Å²) in [6, 6.07) is 4.95. The van der Waals surface area contributed by atoms with Gasteiger partial charge in [0.2, 0.25) is 0 Å². The van der Waals surface area contributed by atoms with E-state index in [0.717, 1.165) is 0 Å². The molecule has 6 nitrogen and oxygen atoms in total. The Morgan fingerprint density at radius 1 is 1.41 bits per heavy atom. The van der Waals surface area contributed by atoms with E-state index < -0.39 is 18.2 Å². The van der Waals surface area contributed by atoms with Crippen LogP contribution in [0.25, 0.3) is 0 Å². The molecule has 0 amide bonds. The smallest absolute Gasteiger partial charge is 0.334 e. The summed E-state index contributed by atoms with van der Waals surface area (Å²) in [6.07, 6.45) is 2.82. The van der Waals surface area contributed by atoms with Gasteiger partial charge < -0.3 is 19.5 Å². The third-order valence-electron chi connectivity index (χ3n) is 2.99. The molecule has 2 aromatic rings. The molecule has 0 fully saturated rings. The first-order valence-electron chi connectivity index (χ1n) is 6.40. The van der Waals surface area contributed by atoms with E-state index in [1.54, 1.807) is 41.5 Å². The average Bonchev–Trinajstić information content (AvgIpc) is 2.96. The number of ether oxygens (including phenoxy) is 1. The molecule has 1 aromatic heterocycles. The van der Waals surface area contributed by atoms with Gasteiger partial charge in [0, 0.05) is 28.0 Å². The fourth-order valence-electron chi connectivity index (χ4n) is 1.87. The molecule has 0 saturated carbocycles. The third kappa shape index (κ3) is 4.45. The van der Waals surface area contributed by atoms with Crippen LogP contribution in [-0.2, 0) is 16.1 Å². The van der Waals surface area contributed by atoms with Gasteiger partial charge in [-0.15, -0.1) is 0 Å². The lowest BCUT2D eigenvalue weighted by Gasteiger charge is -2.21. The zero-order valence-electron chi connectivity index (χ0n) is 11.4. The molecule has 1 aromatic carbocycles. The van der Waals surface area contributed by atoms with Crippen molar-refractivity contribution in [1.82, 2.24) is 9.55 Å². The molecule has 0 aliphatic carbocycles. The number of benzene rings is 1. The van der Waals surface area contributed by atoms with Crippen molar-refractivity contribution in [3.63, 3.8) is 0 Å².